The molecule has 0 aliphatic heterocycles. The Bertz CT molecular complexity index is 570. The minimum absolute atomic E-state index is 0.0823. The average molecular weight is 382 g/mol. The largest absolute Gasteiger partial charge is 0.391 e. The van der Waals surface area contributed by atoms with Gasteiger partial charge in [-0.15, -0.1) is 0 Å². The van der Waals surface area contributed by atoms with Crippen molar-refractivity contribution in [2.45, 2.75) is 37.4 Å². The van der Waals surface area contributed by atoms with Crippen molar-refractivity contribution < 1.29 is 13.2 Å². The molecule has 0 heterocycles. The lowest BCUT2D eigenvalue weighted by Gasteiger charge is -2.37. The monoisotopic (exact) mass is 380 g/mol. The molecule has 1 aromatic carbocycles. The molecule has 1 saturated carbocycles. The summed E-state index contributed by atoms with van der Waals surface area (Å²) in [6.45, 7) is 0. The fourth-order valence-corrected chi connectivity index (χ4v) is 3.14. The SMILES string of the molecule is N#CC1(Nc2ccc(Cl)c(Br)c2)CCCC(C(F)(F)F)C1. The summed E-state index contributed by atoms with van der Waals surface area (Å²) in [6, 6.07) is 6.99. The molecule has 2 atom stereocenters. The lowest BCUT2D eigenvalue weighted by atomic mass is 9.76. The second-order valence-electron chi connectivity index (χ2n) is 5.28. The molecule has 0 spiro atoms. The second kappa shape index (κ2) is 6.05. The van der Waals surface area contributed by atoms with Crippen molar-refractivity contribution in [3.8, 4) is 6.07 Å². The number of anilines is 1. The van der Waals surface area contributed by atoms with Crippen molar-refractivity contribution in [3.05, 3.63) is 27.7 Å². The molecule has 114 valence electrons. The van der Waals surface area contributed by atoms with E-state index >= 15 is 0 Å². The van der Waals surface area contributed by atoms with E-state index in [1.54, 1.807) is 18.2 Å². The maximum atomic E-state index is 12.9. The van der Waals surface area contributed by atoms with Crippen LogP contribution in [-0.4, -0.2) is 11.7 Å². The van der Waals surface area contributed by atoms with Crippen LogP contribution in [0.1, 0.15) is 25.7 Å². The molecule has 1 aliphatic carbocycles. The van der Waals surface area contributed by atoms with Crippen molar-refractivity contribution >= 4 is 33.2 Å². The Labute approximate surface area is 134 Å². The van der Waals surface area contributed by atoms with E-state index in [2.05, 4.69) is 21.2 Å². The van der Waals surface area contributed by atoms with Crippen LogP contribution in [0.4, 0.5) is 18.9 Å². The van der Waals surface area contributed by atoms with Gasteiger partial charge in [-0.2, -0.15) is 18.4 Å². The van der Waals surface area contributed by atoms with Crippen molar-refractivity contribution in [1.29, 1.82) is 5.26 Å². The van der Waals surface area contributed by atoms with Crippen LogP contribution in [-0.2, 0) is 0 Å². The van der Waals surface area contributed by atoms with E-state index in [9.17, 15) is 18.4 Å². The highest BCUT2D eigenvalue weighted by molar-refractivity contribution is 9.10. The molecule has 1 N–H and O–H groups in total. The van der Waals surface area contributed by atoms with Crippen LogP contribution in [0.15, 0.2) is 22.7 Å². The summed E-state index contributed by atoms with van der Waals surface area (Å²) < 4.78 is 39.4. The minimum Gasteiger partial charge on any atom is -0.367 e. The van der Waals surface area contributed by atoms with E-state index < -0.39 is 17.6 Å². The highest BCUT2D eigenvalue weighted by atomic mass is 79.9. The quantitative estimate of drug-likeness (QED) is 0.731. The molecule has 0 bridgehead atoms. The van der Waals surface area contributed by atoms with Crippen LogP contribution in [0.5, 0.6) is 0 Å². The molecule has 1 aliphatic rings. The maximum absolute atomic E-state index is 12.9. The molecule has 1 fully saturated rings. The Hall–Kier alpha value is -0.930. The van der Waals surface area contributed by atoms with Gasteiger partial charge in [0.25, 0.3) is 0 Å². The number of benzene rings is 1. The molecule has 2 nitrogen and oxygen atoms in total. The highest BCUT2D eigenvalue weighted by Crippen LogP contribution is 2.43. The zero-order valence-electron chi connectivity index (χ0n) is 11.0. The maximum Gasteiger partial charge on any atom is 0.391 e. The van der Waals surface area contributed by atoms with Crippen molar-refractivity contribution in [3.63, 3.8) is 0 Å². The molecular formula is C14H13BrClF3N2. The van der Waals surface area contributed by atoms with Gasteiger partial charge in [-0.3, -0.25) is 0 Å². The summed E-state index contributed by atoms with van der Waals surface area (Å²) in [5, 5.41) is 12.9. The van der Waals surface area contributed by atoms with E-state index in [0.717, 1.165) is 0 Å². The fraction of sp³-hybridized carbons (Fsp3) is 0.500. The van der Waals surface area contributed by atoms with Crippen LogP contribution in [0, 0.1) is 17.2 Å². The van der Waals surface area contributed by atoms with E-state index in [1.165, 1.54) is 0 Å². The number of alkyl halides is 3. The lowest BCUT2D eigenvalue weighted by Crippen LogP contribution is -2.45. The Morgan fingerprint density at radius 3 is 2.71 bits per heavy atom. The zero-order valence-corrected chi connectivity index (χ0v) is 13.3. The average Bonchev–Trinajstić information content (AvgIpc) is 2.42. The molecule has 0 aromatic heterocycles. The third-order valence-electron chi connectivity index (χ3n) is 3.73. The lowest BCUT2D eigenvalue weighted by molar-refractivity contribution is -0.184. The van der Waals surface area contributed by atoms with Gasteiger partial charge in [-0.05, 0) is 59.8 Å². The van der Waals surface area contributed by atoms with Gasteiger partial charge < -0.3 is 5.32 Å². The van der Waals surface area contributed by atoms with Gasteiger partial charge >= 0.3 is 6.18 Å². The first kappa shape index (κ1) is 16.4. The van der Waals surface area contributed by atoms with Crippen LogP contribution >= 0.6 is 27.5 Å². The number of hydrogen-bond donors (Lipinski definition) is 1. The normalized spacial score (nSPS) is 26.2. The van der Waals surface area contributed by atoms with Gasteiger partial charge in [0, 0.05) is 10.2 Å². The van der Waals surface area contributed by atoms with Gasteiger partial charge in [0.1, 0.15) is 5.54 Å². The number of nitrogens with zero attached hydrogens (tertiary/aromatic N) is 1. The zero-order chi connectivity index (χ0) is 15.7. The summed E-state index contributed by atoms with van der Waals surface area (Å²) in [5.41, 5.74) is -0.609. The van der Waals surface area contributed by atoms with Crippen LogP contribution < -0.4 is 5.32 Å². The van der Waals surface area contributed by atoms with Crippen LogP contribution in [0.25, 0.3) is 0 Å². The Kier molecular flexibility index (Phi) is 4.74. The number of nitrogens with one attached hydrogen (secondary N) is 1. The van der Waals surface area contributed by atoms with Gasteiger partial charge in [0.05, 0.1) is 17.0 Å². The van der Waals surface area contributed by atoms with Crippen molar-refractivity contribution in [1.82, 2.24) is 0 Å². The molecule has 0 saturated heterocycles. The fourth-order valence-electron chi connectivity index (χ4n) is 2.65. The van der Waals surface area contributed by atoms with Crippen molar-refractivity contribution in [2.24, 2.45) is 5.92 Å². The van der Waals surface area contributed by atoms with Crippen molar-refractivity contribution in [2.75, 3.05) is 5.32 Å². The predicted octanol–water partition coefficient (Wildman–Crippen LogP) is 5.53. The summed E-state index contributed by atoms with van der Waals surface area (Å²) >= 11 is 9.15. The molecule has 1 aromatic rings. The molecular weight excluding hydrogens is 369 g/mol. The van der Waals surface area contributed by atoms with E-state index in [1.807, 2.05) is 6.07 Å². The van der Waals surface area contributed by atoms with E-state index in [4.69, 9.17) is 11.6 Å². The molecule has 7 heteroatoms. The summed E-state index contributed by atoms with van der Waals surface area (Å²) in [7, 11) is 0. The predicted molar refractivity (Wildman–Crippen MR) is 79.1 cm³/mol. The Morgan fingerprint density at radius 2 is 2.14 bits per heavy atom. The van der Waals surface area contributed by atoms with Gasteiger partial charge in [-0.1, -0.05) is 11.6 Å². The first-order valence-corrected chi connectivity index (χ1v) is 7.64. The highest BCUT2D eigenvalue weighted by Gasteiger charge is 2.48. The topological polar surface area (TPSA) is 35.8 Å². The Balaban J connectivity index is 2.21. The standard InChI is InChI=1S/C14H13BrClF3N2/c15-11-6-10(3-4-12(11)16)21-13(8-20)5-1-2-9(7-13)14(17,18)19/h3-4,6,9,21H,1-2,5,7H2. The number of halogens is 5. The minimum atomic E-state index is -4.26. The van der Waals surface area contributed by atoms with E-state index in [-0.39, 0.29) is 12.8 Å². The van der Waals surface area contributed by atoms with Crippen LogP contribution in [0.2, 0.25) is 5.02 Å². The summed E-state index contributed by atoms with van der Waals surface area (Å²) in [6.07, 6.45) is -3.63. The molecule has 21 heavy (non-hydrogen) atoms. The number of rotatable bonds is 2. The molecule has 2 rings (SSSR count). The van der Waals surface area contributed by atoms with Gasteiger partial charge in [0.2, 0.25) is 0 Å². The summed E-state index contributed by atoms with van der Waals surface area (Å²) in [4.78, 5) is 0. The molecule has 2 unspecified atom stereocenters. The van der Waals surface area contributed by atoms with Crippen LogP contribution in [0.3, 0.4) is 0 Å². The molecule has 0 amide bonds. The number of nitriles is 1. The van der Waals surface area contributed by atoms with Gasteiger partial charge in [-0.25, -0.2) is 0 Å². The van der Waals surface area contributed by atoms with Gasteiger partial charge in [0.15, 0.2) is 0 Å². The third-order valence-corrected chi connectivity index (χ3v) is 4.95. The first-order valence-electron chi connectivity index (χ1n) is 6.47. The Morgan fingerprint density at radius 1 is 1.43 bits per heavy atom. The second-order valence-corrected chi connectivity index (χ2v) is 6.54. The summed E-state index contributed by atoms with van der Waals surface area (Å²) in [5.74, 6) is -1.44. The number of hydrogen-bond acceptors (Lipinski definition) is 2. The smallest absolute Gasteiger partial charge is 0.367 e. The third kappa shape index (κ3) is 3.83. The molecule has 0 radical (unpaired) electrons. The van der Waals surface area contributed by atoms with E-state index in [0.29, 0.717) is 28.0 Å². The first-order chi connectivity index (χ1) is 9.76.